The molecule has 5 heteroatoms. The summed E-state index contributed by atoms with van der Waals surface area (Å²) in [5.41, 5.74) is 0.819. The predicted molar refractivity (Wildman–Crippen MR) is 94.8 cm³/mol. The van der Waals surface area contributed by atoms with E-state index in [1.807, 2.05) is 18.2 Å². The van der Waals surface area contributed by atoms with Crippen molar-refractivity contribution < 1.29 is 19.3 Å². The van der Waals surface area contributed by atoms with Gasteiger partial charge in [-0.15, -0.1) is 0 Å². The van der Waals surface area contributed by atoms with Gasteiger partial charge >= 0.3 is 149 Å². The van der Waals surface area contributed by atoms with Gasteiger partial charge in [0.15, 0.2) is 0 Å². The molecule has 0 radical (unpaired) electrons. The molecule has 2 aromatic rings. The summed E-state index contributed by atoms with van der Waals surface area (Å²) in [6, 6.07) is 14.1. The summed E-state index contributed by atoms with van der Waals surface area (Å²) in [4.78, 5) is 0. The molecule has 1 aliphatic rings. The molecule has 1 fully saturated rings. The van der Waals surface area contributed by atoms with Crippen LogP contribution < -0.4 is 18.7 Å². The van der Waals surface area contributed by atoms with E-state index in [-0.39, 0.29) is 19.3 Å². The van der Waals surface area contributed by atoms with Crippen molar-refractivity contribution in [2.45, 2.75) is 23.3 Å². The maximum absolute atomic E-state index is 11.0. The van der Waals surface area contributed by atoms with E-state index in [4.69, 9.17) is 14.2 Å². The first-order valence-electron chi connectivity index (χ1n) is 7.85. The molecule has 1 aliphatic carbocycles. The second kappa shape index (κ2) is 7.06. The second-order valence-electron chi connectivity index (χ2n) is 5.84. The molecular weight excluding hydrogens is 371 g/mol. The van der Waals surface area contributed by atoms with Gasteiger partial charge in [0.05, 0.1) is 0 Å². The Hall–Kier alpha value is -1.68. The Morgan fingerprint density at radius 3 is 2.00 bits per heavy atom. The van der Waals surface area contributed by atoms with Gasteiger partial charge in [0.1, 0.15) is 0 Å². The summed E-state index contributed by atoms with van der Waals surface area (Å²) >= 11 is 0.216. The Bertz CT molecular complexity index is 673. The average Bonchev–Trinajstić information content (AvgIpc) is 3.41. The molecule has 0 heterocycles. The fourth-order valence-corrected chi connectivity index (χ4v) is 5.60. The second-order valence-corrected chi connectivity index (χ2v) is 8.96. The van der Waals surface area contributed by atoms with Gasteiger partial charge < -0.3 is 0 Å². The third-order valence-corrected chi connectivity index (χ3v) is 7.55. The fraction of sp³-hybridized carbons (Fsp3) is 0.368. The number of hydrogen-bond acceptors (Lipinski definition) is 4. The van der Waals surface area contributed by atoms with E-state index >= 15 is 0 Å². The van der Waals surface area contributed by atoms with Crippen molar-refractivity contribution in [1.82, 2.24) is 0 Å². The summed E-state index contributed by atoms with van der Waals surface area (Å²) in [7, 11) is 4.76. The maximum atomic E-state index is 11.0. The number of hydrogen-bond donors (Lipinski definition) is 1. The first-order valence-corrected chi connectivity index (χ1v) is 9.57. The molecule has 0 bridgehead atoms. The normalized spacial score (nSPS) is 16.3. The molecule has 1 atom stereocenters. The van der Waals surface area contributed by atoms with Gasteiger partial charge in [-0.3, -0.25) is 0 Å². The Morgan fingerprint density at radius 2 is 1.54 bits per heavy atom. The van der Waals surface area contributed by atoms with Crippen LogP contribution in [0.2, 0.25) is 4.31 Å². The van der Waals surface area contributed by atoms with E-state index in [0.29, 0.717) is 17.2 Å². The summed E-state index contributed by atoms with van der Waals surface area (Å²) < 4.78 is 17.5. The Balaban J connectivity index is 1.91. The molecule has 0 aromatic heterocycles. The first-order chi connectivity index (χ1) is 11.6. The van der Waals surface area contributed by atoms with Crippen LogP contribution in [0.4, 0.5) is 0 Å². The molecule has 2 aromatic carbocycles. The number of ether oxygens (including phenoxy) is 3. The van der Waals surface area contributed by atoms with Crippen molar-refractivity contribution in [3.05, 3.63) is 48.0 Å². The van der Waals surface area contributed by atoms with Crippen LogP contribution in [0.25, 0.3) is 0 Å². The summed E-state index contributed by atoms with van der Waals surface area (Å²) in [5.74, 6) is 1.71. The van der Waals surface area contributed by atoms with Gasteiger partial charge in [-0.2, -0.15) is 0 Å². The van der Waals surface area contributed by atoms with E-state index in [0.717, 1.165) is 18.4 Å². The zero-order valence-electron chi connectivity index (χ0n) is 14.1. The summed E-state index contributed by atoms with van der Waals surface area (Å²) in [6.45, 7) is 0. The van der Waals surface area contributed by atoms with Crippen LogP contribution in [0.1, 0.15) is 24.5 Å². The van der Waals surface area contributed by atoms with Gasteiger partial charge in [-0.05, 0) is 0 Å². The molecule has 1 unspecified atom stereocenters. The number of aliphatic hydroxyl groups is 1. The first kappa shape index (κ1) is 17.2. The summed E-state index contributed by atoms with van der Waals surface area (Å²) in [5, 5.41) is 11.0. The molecule has 0 saturated heterocycles. The van der Waals surface area contributed by atoms with Crippen LogP contribution in [0.5, 0.6) is 17.2 Å². The van der Waals surface area contributed by atoms with Crippen LogP contribution >= 0.6 is 0 Å². The number of aliphatic hydroxyl groups excluding tert-OH is 1. The van der Waals surface area contributed by atoms with Crippen molar-refractivity contribution >= 4 is 19.4 Å². The number of benzene rings is 2. The van der Waals surface area contributed by atoms with Crippen LogP contribution in [0, 0.1) is 0 Å². The average molecular weight is 393 g/mol. The van der Waals surface area contributed by atoms with E-state index in [1.54, 1.807) is 21.3 Å². The SMILES string of the molecule is COc1cc(C(O)C2([Se]c3ccccc3)CC2)cc(OC)c1OC. The topological polar surface area (TPSA) is 47.9 Å². The molecule has 0 amide bonds. The Labute approximate surface area is 148 Å². The van der Waals surface area contributed by atoms with Crippen LogP contribution in [0.3, 0.4) is 0 Å². The van der Waals surface area contributed by atoms with Crippen molar-refractivity contribution in [3.8, 4) is 17.2 Å². The van der Waals surface area contributed by atoms with Crippen LogP contribution in [0.15, 0.2) is 42.5 Å². The standard InChI is InChI=1S/C19H22O4Se/c1-21-15-11-13(12-16(22-2)17(15)23-3)18(20)19(9-10-19)24-14-7-5-4-6-8-14/h4-8,11-12,18,20H,9-10H2,1-3H3. The quantitative estimate of drug-likeness (QED) is 0.735. The molecule has 3 rings (SSSR count). The van der Waals surface area contributed by atoms with Crippen LogP contribution in [-0.4, -0.2) is 41.4 Å². The third kappa shape index (κ3) is 3.25. The molecule has 1 saturated carbocycles. The van der Waals surface area contributed by atoms with Gasteiger partial charge in [0, 0.05) is 0 Å². The van der Waals surface area contributed by atoms with Gasteiger partial charge in [0.2, 0.25) is 0 Å². The summed E-state index contributed by atoms with van der Waals surface area (Å²) in [6.07, 6.45) is 1.55. The predicted octanol–water partition coefficient (Wildman–Crippen LogP) is 2.73. The van der Waals surface area contributed by atoms with Crippen molar-refractivity contribution in [2.75, 3.05) is 21.3 Å². The third-order valence-electron chi connectivity index (χ3n) is 4.31. The van der Waals surface area contributed by atoms with Crippen LogP contribution in [-0.2, 0) is 0 Å². The van der Waals surface area contributed by atoms with Gasteiger partial charge in [0.25, 0.3) is 0 Å². The van der Waals surface area contributed by atoms with E-state index < -0.39 is 6.10 Å². The Kier molecular flexibility index (Phi) is 5.04. The van der Waals surface area contributed by atoms with E-state index in [1.165, 1.54) is 4.46 Å². The molecule has 0 spiro atoms. The van der Waals surface area contributed by atoms with Crippen molar-refractivity contribution in [3.63, 3.8) is 0 Å². The zero-order valence-corrected chi connectivity index (χ0v) is 15.8. The van der Waals surface area contributed by atoms with E-state index in [9.17, 15) is 5.11 Å². The van der Waals surface area contributed by atoms with Crippen molar-refractivity contribution in [2.24, 2.45) is 0 Å². The molecule has 128 valence electrons. The molecule has 4 nitrogen and oxygen atoms in total. The molecule has 0 aliphatic heterocycles. The zero-order chi connectivity index (χ0) is 17.2. The van der Waals surface area contributed by atoms with Gasteiger partial charge in [-0.1, -0.05) is 0 Å². The van der Waals surface area contributed by atoms with Gasteiger partial charge in [-0.25, -0.2) is 0 Å². The Morgan fingerprint density at radius 1 is 0.958 bits per heavy atom. The molecule has 1 N–H and O–H groups in total. The minimum absolute atomic E-state index is 0.0427. The fourth-order valence-electron chi connectivity index (χ4n) is 2.84. The number of rotatable bonds is 7. The van der Waals surface area contributed by atoms with Crippen molar-refractivity contribution in [1.29, 1.82) is 0 Å². The molecular formula is C19H22O4Se. The number of methoxy groups -OCH3 is 3. The monoisotopic (exact) mass is 394 g/mol. The minimum atomic E-state index is -0.536. The van der Waals surface area contributed by atoms with E-state index in [2.05, 4.69) is 24.3 Å². The molecule has 24 heavy (non-hydrogen) atoms.